The molecule has 0 spiro atoms. The van der Waals surface area contributed by atoms with Gasteiger partial charge in [0.25, 0.3) is 0 Å². The zero-order valence-corrected chi connectivity index (χ0v) is 12.7. The molecular weight excluding hydrogens is 288 g/mol. The van der Waals surface area contributed by atoms with Gasteiger partial charge in [0.15, 0.2) is 0 Å². The normalized spacial score (nSPS) is 19.7. The zero-order chi connectivity index (χ0) is 15.8. The standard InChI is InChI=1S/C19H18N2O2/c22-18-11-16(15-7-3-4-8-17(15)21-18)19(23)20-14-9-12-5-1-2-6-13(12)10-14/h1-8,14,16H,9-11H2,(H,20,23)(H,21,22)/t16-/m0/s1. The highest BCUT2D eigenvalue weighted by Crippen LogP contribution is 2.32. The Bertz CT molecular complexity index is 759. The number of carbonyl (C=O) groups excluding carboxylic acids is 2. The monoisotopic (exact) mass is 306 g/mol. The summed E-state index contributed by atoms with van der Waals surface area (Å²) in [7, 11) is 0. The summed E-state index contributed by atoms with van der Waals surface area (Å²) in [4.78, 5) is 24.6. The average Bonchev–Trinajstić information content (AvgIpc) is 2.96. The van der Waals surface area contributed by atoms with Gasteiger partial charge in [-0.05, 0) is 35.6 Å². The van der Waals surface area contributed by atoms with Gasteiger partial charge in [0.2, 0.25) is 11.8 Å². The second-order valence-electron chi connectivity index (χ2n) is 6.27. The number of benzene rings is 2. The van der Waals surface area contributed by atoms with E-state index in [1.807, 2.05) is 36.4 Å². The minimum Gasteiger partial charge on any atom is -0.352 e. The first kappa shape index (κ1) is 14.0. The summed E-state index contributed by atoms with van der Waals surface area (Å²) in [5.41, 5.74) is 4.26. The average molecular weight is 306 g/mol. The molecule has 0 unspecified atom stereocenters. The maximum Gasteiger partial charge on any atom is 0.228 e. The Labute approximate surface area is 134 Å². The van der Waals surface area contributed by atoms with E-state index in [9.17, 15) is 9.59 Å². The van der Waals surface area contributed by atoms with E-state index in [1.165, 1.54) is 11.1 Å². The summed E-state index contributed by atoms with van der Waals surface area (Å²) in [6.45, 7) is 0. The van der Waals surface area contributed by atoms with E-state index in [1.54, 1.807) is 0 Å². The van der Waals surface area contributed by atoms with Crippen LogP contribution in [0.2, 0.25) is 0 Å². The maximum absolute atomic E-state index is 12.7. The van der Waals surface area contributed by atoms with Crippen molar-refractivity contribution in [1.82, 2.24) is 5.32 Å². The Balaban J connectivity index is 1.51. The lowest BCUT2D eigenvalue weighted by atomic mass is 9.89. The fourth-order valence-electron chi connectivity index (χ4n) is 3.61. The van der Waals surface area contributed by atoms with Crippen molar-refractivity contribution >= 4 is 17.5 Å². The van der Waals surface area contributed by atoms with Crippen LogP contribution in [0, 0.1) is 0 Å². The van der Waals surface area contributed by atoms with Crippen LogP contribution in [-0.2, 0) is 22.4 Å². The van der Waals surface area contributed by atoms with Crippen LogP contribution in [0.3, 0.4) is 0 Å². The van der Waals surface area contributed by atoms with Crippen LogP contribution in [0.15, 0.2) is 48.5 Å². The fourth-order valence-corrected chi connectivity index (χ4v) is 3.61. The number of anilines is 1. The Kier molecular flexibility index (Phi) is 3.37. The molecule has 1 atom stereocenters. The molecule has 1 aliphatic heterocycles. The highest BCUT2D eigenvalue weighted by molar-refractivity contribution is 6.01. The third kappa shape index (κ3) is 2.61. The van der Waals surface area contributed by atoms with Crippen LogP contribution in [0.4, 0.5) is 5.69 Å². The number of hydrogen-bond acceptors (Lipinski definition) is 2. The number of hydrogen-bond donors (Lipinski definition) is 2. The SMILES string of the molecule is O=C1C[C@H](C(=O)NC2Cc3ccccc3C2)c2ccccc2N1. The molecule has 1 heterocycles. The van der Waals surface area contributed by atoms with Crippen molar-refractivity contribution in [2.24, 2.45) is 0 Å². The van der Waals surface area contributed by atoms with Crippen LogP contribution in [0.25, 0.3) is 0 Å². The highest BCUT2D eigenvalue weighted by Gasteiger charge is 2.32. The number of carbonyl (C=O) groups is 2. The first-order chi connectivity index (χ1) is 11.2. The molecule has 23 heavy (non-hydrogen) atoms. The molecule has 2 aromatic rings. The number of rotatable bonds is 2. The quantitative estimate of drug-likeness (QED) is 0.895. The molecule has 4 rings (SSSR count). The van der Waals surface area contributed by atoms with Gasteiger partial charge < -0.3 is 10.6 Å². The predicted octanol–water partition coefficient (Wildman–Crippen LogP) is 2.40. The predicted molar refractivity (Wildman–Crippen MR) is 88.2 cm³/mol. The van der Waals surface area contributed by atoms with Crippen molar-refractivity contribution in [3.63, 3.8) is 0 Å². The molecule has 2 amide bonds. The van der Waals surface area contributed by atoms with Gasteiger partial charge in [-0.2, -0.15) is 0 Å². The van der Waals surface area contributed by atoms with Gasteiger partial charge in [0.05, 0.1) is 5.92 Å². The van der Waals surface area contributed by atoms with Crippen molar-refractivity contribution in [2.45, 2.75) is 31.2 Å². The van der Waals surface area contributed by atoms with Gasteiger partial charge >= 0.3 is 0 Å². The summed E-state index contributed by atoms with van der Waals surface area (Å²) in [6, 6.07) is 16.0. The van der Waals surface area contributed by atoms with Crippen molar-refractivity contribution in [3.05, 3.63) is 65.2 Å². The number of nitrogens with one attached hydrogen (secondary N) is 2. The second kappa shape index (κ2) is 5.54. The number of fused-ring (bicyclic) bond motifs is 2. The van der Waals surface area contributed by atoms with E-state index < -0.39 is 5.92 Å². The summed E-state index contributed by atoms with van der Waals surface area (Å²) in [5.74, 6) is -0.549. The lowest BCUT2D eigenvalue weighted by molar-refractivity contribution is -0.126. The summed E-state index contributed by atoms with van der Waals surface area (Å²) in [6.07, 6.45) is 1.94. The molecule has 0 saturated carbocycles. The van der Waals surface area contributed by atoms with Gasteiger partial charge in [-0.1, -0.05) is 42.5 Å². The van der Waals surface area contributed by atoms with Crippen molar-refractivity contribution in [3.8, 4) is 0 Å². The maximum atomic E-state index is 12.7. The van der Waals surface area contributed by atoms with E-state index >= 15 is 0 Å². The van der Waals surface area contributed by atoms with Crippen LogP contribution in [0.5, 0.6) is 0 Å². The van der Waals surface area contributed by atoms with E-state index in [-0.39, 0.29) is 24.3 Å². The molecule has 116 valence electrons. The van der Waals surface area contributed by atoms with E-state index in [0.29, 0.717) is 0 Å². The minimum atomic E-state index is -0.399. The molecular formula is C19H18N2O2. The zero-order valence-electron chi connectivity index (χ0n) is 12.7. The molecule has 2 aromatic carbocycles. The van der Waals surface area contributed by atoms with Crippen LogP contribution < -0.4 is 10.6 Å². The van der Waals surface area contributed by atoms with E-state index in [0.717, 1.165) is 24.1 Å². The van der Waals surface area contributed by atoms with E-state index in [4.69, 9.17) is 0 Å². The van der Waals surface area contributed by atoms with Crippen LogP contribution in [0.1, 0.15) is 29.0 Å². The molecule has 0 saturated heterocycles. The van der Waals surface area contributed by atoms with Crippen molar-refractivity contribution in [2.75, 3.05) is 5.32 Å². The Morgan fingerprint density at radius 1 is 0.957 bits per heavy atom. The molecule has 2 N–H and O–H groups in total. The summed E-state index contributed by atoms with van der Waals surface area (Å²) in [5, 5.41) is 5.97. The van der Waals surface area contributed by atoms with Gasteiger partial charge in [0.1, 0.15) is 0 Å². The van der Waals surface area contributed by atoms with Crippen LogP contribution >= 0.6 is 0 Å². The van der Waals surface area contributed by atoms with Crippen molar-refractivity contribution < 1.29 is 9.59 Å². The Morgan fingerprint density at radius 2 is 1.61 bits per heavy atom. The topological polar surface area (TPSA) is 58.2 Å². The van der Waals surface area contributed by atoms with E-state index in [2.05, 4.69) is 22.8 Å². The molecule has 0 radical (unpaired) electrons. The molecule has 4 nitrogen and oxygen atoms in total. The first-order valence-corrected chi connectivity index (χ1v) is 7.96. The molecule has 4 heteroatoms. The lowest BCUT2D eigenvalue weighted by Crippen LogP contribution is -2.41. The molecule has 0 bridgehead atoms. The van der Waals surface area contributed by atoms with Crippen molar-refractivity contribution in [1.29, 1.82) is 0 Å². The number of para-hydroxylation sites is 1. The smallest absolute Gasteiger partial charge is 0.228 e. The second-order valence-corrected chi connectivity index (χ2v) is 6.27. The highest BCUT2D eigenvalue weighted by atomic mass is 16.2. The minimum absolute atomic E-state index is 0.0508. The van der Waals surface area contributed by atoms with Crippen LogP contribution in [-0.4, -0.2) is 17.9 Å². The summed E-state index contributed by atoms with van der Waals surface area (Å²) < 4.78 is 0. The molecule has 2 aliphatic rings. The summed E-state index contributed by atoms with van der Waals surface area (Å²) >= 11 is 0. The molecule has 1 aliphatic carbocycles. The first-order valence-electron chi connectivity index (χ1n) is 7.96. The third-order valence-electron chi connectivity index (χ3n) is 4.71. The fraction of sp³-hybridized carbons (Fsp3) is 0.263. The molecule has 0 aromatic heterocycles. The largest absolute Gasteiger partial charge is 0.352 e. The number of amides is 2. The Hall–Kier alpha value is -2.62. The van der Waals surface area contributed by atoms with Gasteiger partial charge in [-0.3, -0.25) is 9.59 Å². The Morgan fingerprint density at radius 3 is 2.35 bits per heavy atom. The lowest BCUT2D eigenvalue weighted by Gasteiger charge is -2.26. The van der Waals surface area contributed by atoms with Gasteiger partial charge in [0, 0.05) is 18.2 Å². The van der Waals surface area contributed by atoms with Gasteiger partial charge in [-0.15, -0.1) is 0 Å². The molecule has 0 fully saturated rings. The third-order valence-corrected chi connectivity index (χ3v) is 4.71. The van der Waals surface area contributed by atoms with Gasteiger partial charge in [-0.25, -0.2) is 0 Å².